The molecule has 0 bridgehead atoms. The second-order valence-corrected chi connectivity index (χ2v) is 5.96. The molecule has 1 saturated heterocycles. The standard InChI is InChI=1S/C15H20N2O2S/c1-12(2)16-6-8-17(9-7-16)15(19)14-13(4-3-10-18)5-11-20-14/h5,11-12,18H,6-10H2,1-2H3. The van der Waals surface area contributed by atoms with Crippen LogP contribution in [-0.2, 0) is 0 Å². The molecule has 0 aliphatic carbocycles. The molecule has 0 atom stereocenters. The summed E-state index contributed by atoms with van der Waals surface area (Å²) in [6.45, 7) is 7.55. The van der Waals surface area contributed by atoms with E-state index in [0.29, 0.717) is 10.9 Å². The molecular formula is C15H20N2O2S. The Hall–Kier alpha value is -1.35. The number of nitrogens with zero attached hydrogens (tertiary/aromatic N) is 2. The fraction of sp³-hybridized carbons (Fsp3) is 0.533. The Kier molecular flexibility index (Phi) is 5.18. The van der Waals surface area contributed by atoms with Crippen LogP contribution in [0, 0.1) is 11.8 Å². The summed E-state index contributed by atoms with van der Waals surface area (Å²) < 4.78 is 0. The smallest absolute Gasteiger partial charge is 0.265 e. The van der Waals surface area contributed by atoms with Crippen molar-refractivity contribution in [3.8, 4) is 11.8 Å². The van der Waals surface area contributed by atoms with E-state index in [1.165, 1.54) is 11.3 Å². The predicted molar refractivity (Wildman–Crippen MR) is 80.9 cm³/mol. The minimum Gasteiger partial charge on any atom is -0.384 e. The first kappa shape index (κ1) is 15.0. The normalized spacial score (nSPS) is 16.1. The first-order valence-corrected chi connectivity index (χ1v) is 7.72. The summed E-state index contributed by atoms with van der Waals surface area (Å²) >= 11 is 1.42. The third kappa shape index (κ3) is 3.40. The number of piperazine rings is 1. The molecular weight excluding hydrogens is 272 g/mol. The highest BCUT2D eigenvalue weighted by Gasteiger charge is 2.25. The average Bonchev–Trinajstić information content (AvgIpc) is 2.92. The summed E-state index contributed by atoms with van der Waals surface area (Å²) in [6.07, 6.45) is 0. The number of aliphatic hydroxyl groups is 1. The van der Waals surface area contributed by atoms with Gasteiger partial charge in [-0.1, -0.05) is 11.8 Å². The highest BCUT2D eigenvalue weighted by molar-refractivity contribution is 7.12. The van der Waals surface area contributed by atoms with Gasteiger partial charge in [0.2, 0.25) is 0 Å². The Morgan fingerprint density at radius 3 is 2.70 bits per heavy atom. The van der Waals surface area contributed by atoms with Gasteiger partial charge in [-0.05, 0) is 25.3 Å². The van der Waals surface area contributed by atoms with Gasteiger partial charge >= 0.3 is 0 Å². The molecule has 5 heteroatoms. The lowest BCUT2D eigenvalue weighted by Crippen LogP contribution is -2.50. The molecule has 1 N–H and O–H groups in total. The van der Waals surface area contributed by atoms with Crippen molar-refractivity contribution in [1.82, 2.24) is 9.80 Å². The van der Waals surface area contributed by atoms with E-state index in [0.717, 1.165) is 31.7 Å². The molecule has 1 aliphatic rings. The second kappa shape index (κ2) is 6.89. The zero-order chi connectivity index (χ0) is 14.5. The lowest BCUT2D eigenvalue weighted by atomic mass is 10.2. The van der Waals surface area contributed by atoms with Gasteiger partial charge in [-0.25, -0.2) is 0 Å². The van der Waals surface area contributed by atoms with Crippen LogP contribution in [0.25, 0.3) is 0 Å². The third-order valence-electron chi connectivity index (χ3n) is 3.49. The summed E-state index contributed by atoms with van der Waals surface area (Å²) in [5.74, 6) is 5.51. The lowest BCUT2D eigenvalue weighted by Gasteiger charge is -2.36. The quantitative estimate of drug-likeness (QED) is 0.835. The number of carbonyl (C=O) groups excluding carboxylic acids is 1. The minimum atomic E-state index is -0.184. The number of carbonyl (C=O) groups is 1. The van der Waals surface area contributed by atoms with Crippen LogP contribution in [-0.4, -0.2) is 59.6 Å². The van der Waals surface area contributed by atoms with E-state index in [-0.39, 0.29) is 12.5 Å². The Morgan fingerprint density at radius 1 is 1.40 bits per heavy atom. The number of hydrogen-bond acceptors (Lipinski definition) is 4. The van der Waals surface area contributed by atoms with Crippen molar-refractivity contribution in [3.63, 3.8) is 0 Å². The van der Waals surface area contributed by atoms with Crippen LogP contribution in [0.15, 0.2) is 11.4 Å². The number of amides is 1. The van der Waals surface area contributed by atoms with Crippen LogP contribution in [0.4, 0.5) is 0 Å². The molecule has 1 aromatic heterocycles. The van der Waals surface area contributed by atoms with Crippen molar-refractivity contribution in [3.05, 3.63) is 21.9 Å². The van der Waals surface area contributed by atoms with Crippen molar-refractivity contribution in [2.45, 2.75) is 19.9 Å². The monoisotopic (exact) mass is 292 g/mol. The molecule has 1 aromatic rings. The van der Waals surface area contributed by atoms with Crippen LogP contribution in [0.5, 0.6) is 0 Å². The summed E-state index contributed by atoms with van der Waals surface area (Å²) in [7, 11) is 0. The van der Waals surface area contributed by atoms with E-state index < -0.39 is 0 Å². The number of aliphatic hydroxyl groups excluding tert-OH is 1. The highest BCUT2D eigenvalue weighted by Crippen LogP contribution is 2.19. The van der Waals surface area contributed by atoms with Crippen molar-refractivity contribution in [2.24, 2.45) is 0 Å². The molecule has 4 nitrogen and oxygen atoms in total. The van der Waals surface area contributed by atoms with Crippen LogP contribution in [0.1, 0.15) is 29.1 Å². The fourth-order valence-electron chi connectivity index (χ4n) is 2.29. The molecule has 0 aromatic carbocycles. The number of rotatable bonds is 2. The highest BCUT2D eigenvalue weighted by atomic mass is 32.1. The molecule has 1 aliphatic heterocycles. The Labute approximate surface area is 124 Å². The van der Waals surface area contributed by atoms with E-state index in [1.54, 1.807) is 0 Å². The van der Waals surface area contributed by atoms with Crippen molar-refractivity contribution in [2.75, 3.05) is 32.8 Å². The van der Waals surface area contributed by atoms with E-state index in [9.17, 15) is 4.79 Å². The Balaban J connectivity index is 2.04. The topological polar surface area (TPSA) is 43.8 Å². The Bertz CT molecular complexity index is 519. The summed E-state index contributed by atoms with van der Waals surface area (Å²) in [4.78, 5) is 17.5. The van der Waals surface area contributed by atoms with Gasteiger partial charge in [-0.3, -0.25) is 9.69 Å². The van der Waals surface area contributed by atoms with Gasteiger partial charge in [0, 0.05) is 37.8 Å². The van der Waals surface area contributed by atoms with Gasteiger partial charge in [0.25, 0.3) is 5.91 Å². The summed E-state index contributed by atoms with van der Waals surface area (Å²) in [5, 5.41) is 10.6. The average molecular weight is 292 g/mol. The minimum absolute atomic E-state index is 0.0608. The van der Waals surface area contributed by atoms with Gasteiger partial charge in [0.05, 0.1) is 0 Å². The maximum absolute atomic E-state index is 12.5. The first-order valence-electron chi connectivity index (χ1n) is 6.84. The molecule has 1 amide bonds. The lowest BCUT2D eigenvalue weighted by molar-refractivity contribution is 0.0600. The van der Waals surface area contributed by atoms with E-state index in [4.69, 9.17) is 5.11 Å². The molecule has 0 radical (unpaired) electrons. The van der Waals surface area contributed by atoms with Crippen LogP contribution < -0.4 is 0 Å². The maximum Gasteiger partial charge on any atom is 0.265 e. The predicted octanol–water partition coefficient (Wildman–Crippen LogP) is 1.26. The fourth-order valence-corrected chi connectivity index (χ4v) is 3.11. The zero-order valence-corrected chi connectivity index (χ0v) is 12.7. The van der Waals surface area contributed by atoms with Gasteiger partial charge in [-0.2, -0.15) is 0 Å². The molecule has 0 unspecified atom stereocenters. The Morgan fingerprint density at radius 2 is 2.10 bits per heavy atom. The van der Waals surface area contributed by atoms with Crippen molar-refractivity contribution < 1.29 is 9.90 Å². The van der Waals surface area contributed by atoms with Gasteiger partial charge in [0.1, 0.15) is 11.5 Å². The number of hydrogen-bond donors (Lipinski definition) is 1. The molecule has 2 heterocycles. The van der Waals surface area contributed by atoms with Crippen molar-refractivity contribution in [1.29, 1.82) is 0 Å². The van der Waals surface area contributed by atoms with E-state index in [1.807, 2.05) is 16.3 Å². The van der Waals surface area contributed by atoms with Gasteiger partial charge in [-0.15, -0.1) is 11.3 Å². The van der Waals surface area contributed by atoms with Gasteiger partial charge in [0.15, 0.2) is 0 Å². The molecule has 1 fully saturated rings. The number of thiophene rings is 1. The van der Waals surface area contributed by atoms with Crippen LogP contribution in [0.2, 0.25) is 0 Å². The molecule has 20 heavy (non-hydrogen) atoms. The SMILES string of the molecule is CC(C)N1CCN(C(=O)c2sccc2C#CCO)CC1. The maximum atomic E-state index is 12.5. The van der Waals surface area contributed by atoms with E-state index >= 15 is 0 Å². The second-order valence-electron chi connectivity index (χ2n) is 5.05. The third-order valence-corrected chi connectivity index (χ3v) is 4.40. The molecule has 0 saturated carbocycles. The molecule has 2 rings (SSSR count). The van der Waals surface area contributed by atoms with E-state index in [2.05, 4.69) is 30.6 Å². The van der Waals surface area contributed by atoms with Crippen LogP contribution in [0.3, 0.4) is 0 Å². The van der Waals surface area contributed by atoms with Crippen molar-refractivity contribution >= 4 is 17.2 Å². The molecule has 0 spiro atoms. The zero-order valence-electron chi connectivity index (χ0n) is 11.9. The largest absolute Gasteiger partial charge is 0.384 e. The summed E-state index contributed by atoms with van der Waals surface area (Å²) in [6, 6.07) is 2.37. The van der Waals surface area contributed by atoms with Gasteiger partial charge < -0.3 is 10.0 Å². The summed E-state index contributed by atoms with van der Waals surface area (Å²) in [5.41, 5.74) is 0.723. The first-order chi connectivity index (χ1) is 9.63. The van der Waals surface area contributed by atoms with Crippen LogP contribution >= 0.6 is 11.3 Å². The molecule has 108 valence electrons.